The Morgan fingerprint density at radius 3 is 1.52 bits per heavy atom. The Morgan fingerprint density at radius 2 is 0.828 bits per heavy atom. The van der Waals surface area contributed by atoms with Crippen LogP contribution in [0.3, 0.4) is 0 Å². The van der Waals surface area contributed by atoms with E-state index < -0.39 is 0 Å². The molecule has 0 radical (unpaired) electrons. The minimum atomic E-state index is 0.624. The molecule has 5 heteroatoms. The third-order valence-corrected chi connectivity index (χ3v) is 12.4. The smallest absolute Gasteiger partial charge is 0.187 e. The molecule has 0 atom stereocenters. The van der Waals surface area contributed by atoms with Crippen molar-refractivity contribution in [2.24, 2.45) is 0 Å². The highest BCUT2D eigenvalue weighted by molar-refractivity contribution is 6.12. The predicted molar refractivity (Wildman–Crippen MR) is 264 cm³/mol. The second kappa shape index (κ2) is 15.3. The van der Waals surface area contributed by atoms with Gasteiger partial charge >= 0.3 is 0 Å². The molecule has 0 aliphatic rings. The summed E-state index contributed by atoms with van der Waals surface area (Å²) in [6, 6.07) is 78.8. The van der Waals surface area contributed by atoms with Gasteiger partial charge in [0.1, 0.15) is 0 Å². The standard InChI is InChI=1S/C59H37N5/c1-60-44-22-16-21-41(35-44)42-32-34-57-50(36-42)48-26-11-15-30-56(48)64(57)58-37-43(52-38-51(39-17-4-2-5-18-39)61-59(62-52)40-19-6-3-7-20-40)31-33-49(58)47-25-10-14-29-55(47)63-53-27-12-8-23-45(53)46-24-9-13-28-54(46)63/h2-38H. The third kappa shape index (κ3) is 6.16. The number of rotatable bonds is 7. The Labute approximate surface area is 370 Å². The fourth-order valence-corrected chi connectivity index (χ4v) is 9.42. The molecule has 298 valence electrons. The SMILES string of the molecule is [C-]#[N+]c1cccc(-c2ccc3c(c2)c2ccccc2n3-c2cc(-c3cc(-c4ccccc4)nc(-c4ccccc4)n3)ccc2-c2ccccc2-n2c3ccccc3c3ccccc32)c1. The van der Waals surface area contributed by atoms with Gasteiger partial charge in [0.05, 0.1) is 51.4 Å². The van der Waals surface area contributed by atoms with Crippen LogP contribution in [0.25, 0.3) is 116 Å². The van der Waals surface area contributed by atoms with Gasteiger partial charge in [-0.1, -0.05) is 170 Å². The van der Waals surface area contributed by atoms with E-state index in [2.05, 4.69) is 196 Å². The Kier molecular flexibility index (Phi) is 8.81. The van der Waals surface area contributed by atoms with Gasteiger partial charge in [0.15, 0.2) is 11.5 Å². The molecule has 9 aromatic carbocycles. The molecule has 3 aromatic heterocycles. The van der Waals surface area contributed by atoms with Crippen LogP contribution in [0.1, 0.15) is 0 Å². The Hall–Kier alpha value is -8.85. The monoisotopic (exact) mass is 815 g/mol. The normalized spacial score (nSPS) is 11.4. The van der Waals surface area contributed by atoms with Crippen molar-refractivity contribution in [3.05, 3.63) is 236 Å². The summed E-state index contributed by atoms with van der Waals surface area (Å²) in [5.41, 5.74) is 16.2. The quantitative estimate of drug-likeness (QED) is 0.150. The maximum absolute atomic E-state index is 7.67. The Morgan fingerprint density at radius 1 is 0.328 bits per heavy atom. The van der Waals surface area contributed by atoms with Crippen molar-refractivity contribution in [1.82, 2.24) is 19.1 Å². The lowest BCUT2D eigenvalue weighted by atomic mass is 9.97. The van der Waals surface area contributed by atoms with Gasteiger partial charge < -0.3 is 9.13 Å². The molecule has 64 heavy (non-hydrogen) atoms. The highest BCUT2D eigenvalue weighted by Crippen LogP contribution is 2.43. The molecule has 0 bridgehead atoms. The molecule has 3 heterocycles. The van der Waals surface area contributed by atoms with E-state index in [0.717, 1.165) is 94.5 Å². The van der Waals surface area contributed by atoms with Gasteiger partial charge in [-0.2, -0.15) is 0 Å². The summed E-state index contributed by atoms with van der Waals surface area (Å²) in [4.78, 5) is 14.1. The lowest BCUT2D eigenvalue weighted by Gasteiger charge is -2.20. The van der Waals surface area contributed by atoms with Crippen molar-refractivity contribution in [3.63, 3.8) is 0 Å². The van der Waals surface area contributed by atoms with E-state index >= 15 is 0 Å². The van der Waals surface area contributed by atoms with E-state index in [9.17, 15) is 0 Å². The third-order valence-electron chi connectivity index (χ3n) is 12.4. The molecule has 0 aliphatic carbocycles. The van der Waals surface area contributed by atoms with Crippen molar-refractivity contribution >= 4 is 49.3 Å². The summed E-state index contributed by atoms with van der Waals surface area (Å²) in [6.07, 6.45) is 0. The van der Waals surface area contributed by atoms with Gasteiger partial charge in [0, 0.05) is 49.4 Å². The maximum atomic E-state index is 7.67. The zero-order chi connectivity index (χ0) is 42.6. The van der Waals surface area contributed by atoms with Crippen LogP contribution in [0.2, 0.25) is 0 Å². The fraction of sp³-hybridized carbons (Fsp3) is 0. The molecular weight excluding hydrogens is 779 g/mol. The van der Waals surface area contributed by atoms with Gasteiger partial charge in [0.25, 0.3) is 0 Å². The molecule has 0 N–H and O–H groups in total. The van der Waals surface area contributed by atoms with Crippen molar-refractivity contribution in [2.45, 2.75) is 0 Å². The van der Waals surface area contributed by atoms with Crippen LogP contribution in [-0.4, -0.2) is 19.1 Å². The number of aromatic nitrogens is 4. The first kappa shape index (κ1) is 37.0. The van der Waals surface area contributed by atoms with E-state index in [0.29, 0.717) is 11.5 Å². The van der Waals surface area contributed by atoms with E-state index in [1.165, 1.54) is 10.8 Å². The number of hydrogen-bond donors (Lipinski definition) is 0. The molecule has 0 unspecified atom stereocenters. The average Bonchev–Trinajstić information content (AvgIpc) is 3.89. The van der Waals surface area contributed by atoms with E-state index in [-0.39, 0.29) is 0 Å². The number of fused-ring (bicyclic) bond motifs is 6. The number of nitrogens with zero attached hydrogens (tertiary/aromatic N) is 5. The summed E-state index contributed by atoms with van der Waals surface area (Å²) in [5.74, 6) is 0.672. The van der Waals surface area contributed by atoms with Crippen molar-refractivity contribution < 1.29 is 0 Å². The molecule has 12 rings (SSSR count). The molecule has 0 fully saturated rings. The lowest BCUT2D eigenvalue weighted by molar-refractivity contribution is 1.15. The molecule has 12 aromatic rings. The predicted octanol–water partition coefficient (Wildman–Crippen LogP) is 15.6. The lowest BCUT2D eigenvalue weighted by Crippen LogP contribution is -2.02. The van der Waals surface area contributed by atoms with E-state index in [4.69, 9.17) is 16.5 Å². The van der Waals surface area contributed by atoms with Gasteiger partial charge in [0.2, 0.25) is 0 Å². The molecule has 0 saturated carbocycles. The van der Waals surface area contributed by atoms with Gasteiger partial charge in [-0.05, 0) is 65.7 Å². The molecule has 5 nitrogen and oxygen atoms in total. The van der Waals surface area contributed by atoms with Crippen molar-refractivity contribution in [2.75, 3.05) is 0 Å². The second-order valence-electron chi connectivity index (χ2n) is 16.1. The molecule has 0 amide bonds. The highest BCUT2D eigenvalue weighted by Gasteiger charge is 2.22. The van der Waals surface area contributed by atoms with Crippen LogP contribution in [0.15, 0.2) is 224 Å². The minimum Gasteiger partial charge on any atom is -0.309 e. The topological polar surface area (TPSA) is 40.0 Å². The average molecular weight is 816 g/mol. The van der Waals surface area contributed by atoms with Crippen LogP contribution in [0.4, 0.5) is 5.69 Å². The molecule has 0 spiro atoms. The van der Waals surface area contributed by atoms with E-state index in [1.807, 2.05) is 42.5 Å². The first-order valence-corrected chi connectivity index (χ1v) is 21.4. The fourth-order valence-electron chi connectivity index (χ4n) is 9.42. The first-order chi connectivity index (χ1) is 31.7. The molecule has 0 aliphatic heterocycles. The Bertz CT molecular complexity index is 3690. The van der Waals surface area contributed by atoms with Crippen LogP contribution in [0.5, 0.6) is 0 Å². The van der Waals surface area contributed by atoms with Crippen LogP contribution in [-0.2, 0) is 0 Å². The summed E-state index contributed by atoms with van der Waals surface area (Å²) in [7, 11) is 0. The summed E-state index contributed by atoms with van der Waals surface area (Å²) in [6.45, 7) is 7.67. The summed E-state index contributed by atoms with van der Waals surface area (Å²) < 4.78 is 4.83. The van der Waals surface area contributed by atoms with Crippen LogP contribution in [0, 0.1) is 6.57 Å². The first-order valence-electron chi connectivity index (χ1n) is 21.4. The van der Waals surface area contributed by atoms with E-state index in [1.54, 1.807) is 0 Å². The van der Waals surface area contributed by atoms with Crippen LogP contribution >= 0.6 is 0 Å². The van der Waals surface area contributed by atoms with Gasteiger partial charge in [-0.3, -0.25) is 0 Å². The summed E-state index contributed by atoms with van der Waals surface area (Å²) >= 11 is 0. The number of benzene rings is 9. The zero-order valence-corrected chi connectivity index (χ0v) is 34.6. The summed E-state index contributed by atoms with van der Waals surface area (Å²) in [5, 5.41) is 4.72. The van der Waals surface area contributed by atoms with Crippen LogP contribution < -0.4 is 0 Å². The number of para-hydroxylation sites is 4. The maximum Gasteiger partial charge on any atom is 0.187 e. The van der Waals surface area contributed by atoms with Gasteiger partial charge in [-0.25, -0.2) is 14.8 Å². The Balaban J connectivity index is 1.15. The van der Waals surface area contributed by atoms with Crippen molar-refractivity contribution in [1.29, 1.82) is 0 Å². The molecular formula is C59H37N5. The van der Waals surface area contributed by atoms with Gasteiger partial charge in [-0.15, -0.1) is 0 Å². The largest absolute Gasteiger partial charge is 0.309 e. The number of hydrogen-bond acceptors (Lipinski definition) is 2. The van der Waals surface area contributed by atoms with Crippen molar-refractivity contribution in [3.8, 4) is 67.5 Å². The zero-order valence-electron chi connectivity index (χ0n) is 34.6. The second-order valence-corrected chi connectivity index (χ2v) is 16.1. The highest BCUT2D eigenvalue weighted by atomic mass is 15.0. The minimum absolute atomic E-state index is 0.624. The molecule has 0 saturated heterocycles.